The first-order valence-electron chi connectivity index (χ1n) is 7.14. The summed E-state index contributed by atoms with van der Waals surface area (Å²) >= 11 is 0. The fourth-order valence-corrected chi connectivity index (χ4v) is 2.63. The predicted octanol–water partition coefficient (Wildman–Crippen LogP) is 2.70. The van der Waals surface area contributed by atoms with Crippen molar-refractivity contribution in [1.82, 2.24) is 4.98 Å². The number of nitrogens with one attached hydrogen (secondary N) is 1. The number of aromatic nitrogens is 1. The van der Waals surface area contributed by atoms with Gasteiger partial charge in [0.2, 0.25) is 0 Å². The van der Waals surface area contributed by atoms with E-state index in [9.17, 15) is 4.79 Å². The lowest BCUT2D eigenvalue weighted by Gasteiger charge is -2.14. The van der Waals surface area contributed by atoms with Gasteiger partial charge >= 0.3 is 5.97 Å². The van der Waals surface area contributed by atoms with Gasteiger partial charge in [-0.05, 0) is 50.4 Å². The Morgan fingerprint density at radius 3 is 2.74 bits per heavy atom. The molecule has 0 atom stereocenters. The average Bonchev–Trinajstić information content (AvgIpc) is 3.31. The van der Waals surface area contributed by atoms with Crippen LogP contribution in [0.3, 0.4) is 0 Å². The van der Waals surface area contributed by atoms with Crippen LogP contribution < -0.4 is 5.32 Å². The Morgan fingerprint density at radius 2 is 2.16 bits per heavy atom. The van der Waals surface area contributed by atoms with Gasteiger partial charge in [-0.2, -0.15) is 4.98 Å². The molecule has 0 aromatic carbocycles. The topological polar surface area (TPSA) is 64.4 Å². The molecule has 5 nitrogen and oxygen atoms in total. The van der Waals surface area contributed by atoms with Crippen LogP contribution in [0.1, 0.15) is 43.1 Å². The molecule has 19 heavy (non-hydrogen) atoms. The fourth-order valence-electron chi connectivity index (χ4n) is 2.63. The Balaban J connectivity index is 1.53. The Hall–Kier alpha value is -1.52. The van der Waals surface area contributed by atoms with Crippen molar-refractivity contribution < 1.29 is 13.9 Å². The fraction of sp³-hybridized carbons (Fsp3) is 0.714. The molecule has 0 spiro atoms. The minimum atomic E-state index is -0.430. The van der Waals surface area contributed by atoms with Gasteiger partial charge in [0.15, 0.2) is 5.69 Å². The van der Waals surface area contributed by atoms with Crippen molar-refractivity contribution in [2.24, 2.45) is 17.8 Å². The smallest absolute Gasteiger partial charge is 0.360 e. The summed E-state index contributed by atoms with van der Waals surface area (Å²) in [5.74, 6) is 2.09. The summed E-state index contributed by atoms with van der Waals surface area (Å²) in [6.07, 6.45) is 6.81. The van der Waals surface area contributed by atoms with Crippen molar-refractivity contribution in [2.75, 3.05) is 18.5 Å². The summed E-state index contributed by atoms with van der Waals surface area (Å²) in [5, 5.41) is 3.22. The first kappa shape index (κ1) is 12.5. The average molecular weight is 264 g/mol. The molecule has 2 fully saturated rings. The van der Waals surface area contributed by atoms with Crippen molar-refractivity contribution in [1.29, 1.82) is 0 Å². The highest BCUT2D eigenvalue weighted by atomic mass is 16.5. The zero-order chi connectivity index (χ0) is 13.2. The summed E-state index contributed by atoms with van der Waals surface area (Å²) in [6, 6.07) is 0.425. The number of carbonyl (C=O) groups excluding carboxylic acids is 1. The molecule has 0 radical (unpaired) electrons. The third kappa shape index (κ3) is 3.08. The third-order valence-corrected chi connectivity index (χ3v) is 3.93. The van der Waals surface area contributed by atoms with Crippen LogP contribution in [0, 0.1) is 17.8 Å². The highest BCUT2D eigenvalue weighted by molar-refractivity contribution is 5.87. The lowest BCUT2D eigenvalue weighted by atomic mass is 9.98. The third-order valence-electron chi connectivity index (χ3n) is 3.93. The number of oxazole rings is 1. The maximum Gasteiger partial charge on any atom is 0.360 e. The van der Waals surface area contributed by atoms with Crippen molar-refractivity contribution >= 4 is 12.0 Å². The number of nitrogens with zero attached hydrogens (tertiary/aromatic N) is 1. The van der Waals surface area contributed by atoms with Gasteiger partial charge in [-0.25, -0.2) is 4.79 Å². The van der Waals surface area contributed by atoms with E-state index in [1.165, 1.54) is 31.9 Å². The molecule has 0 saturated heterocycles. The SMILES string of the molecule is CCOC(=O)c1coc(NCC(C2CC2)C2CC2)n1. The largest absolute Gasteiger partial charge is 0.461 e. The van der Waals surface area contributed by atoms with Crippen LogP contribution in [0.2, 0.25) is 0 Å². The lowest BCUT2D eigenvalue weighted by molar-refractivity contribution is 0.0519. The molecule has 2 aliphatic carbocycles. The van der Waals surface area contributed by atoms with Crippen LogP contribution >= 0.6 is 0 Å². The quantitative estimate of drug-likeness (QED) is 0.767. The van der Waals surface area contributed by atoms with Crippen molar-refractivity contribution in [2.45, 2.75) is 32.6 Å². The standard InChI is InChI=1S/C14H20N2O3/c1-2-18-13(17)12-8-19-14(16-12)15-7-11(9-3-4-9)10-5-6-10/h8-11H,2-7H2,1H3,(H,15,16). The van der Waals surface area contributed by atoms with Crippen LogP contribution in [0.25, 0.3) is 0 Å². The van der Waals surface area contributed by atoms with Crippen LogP contribution in [-0.4, -0.2) is 24.1 Å². The summed E-state index contributed by atoms with van der Waals surface area (Å²) in [4.78, 5) is 15.6. The number of ether oxygens (including phenoxy) is 1. The van der Waals surface area contributed by atoms with Crippen LogP contribution in [-0.2, 0) is 4.74 Å². The number of hydrogen-bond donors (Lipinski definition) is 1. The lowest BCUT2D eigenvalue weighted by Crippen LogP contribution is -2.18. The van der Waals surface area contributed by atoms with Gasteiger partial charge in [-0.3, -0.25) is 0 Å². The monoisotopic (exact) mass is 264 g/mol. The van der Waals surface area contributed by atoms with Gasteiger partial charge in [-0.15, -0.1) is 0 Å². The maximum absolute atomic E-state index is 11.5. The van der Waals surface area contributed by atoms with E-state index >= 15 is 0 Å². The first-order valence-corrected chi connectivity index (χ1v) is 7.14. The van der Waals surface area contributed by atoms with E-state index < -0.39 is 5.97 Å². The molecule has 1 N–H and O–H groups in total. The molecule has 0 unspecified atom stereocenters. The van der Waals surface area contributed by atoms with Crippen molar-refractivity contribution in [3.05, 3.63) is 12.0 Å². The summed E-state index contributed by atoms with van der Waals surface area (Å²) in [7, 11) is 0. The first-order chi connectivity index (χ1) is 9.28. The number of esters is 1. The molecular weight excluding hydrogens is 244 g/mol. The molecular formula is C14H20N2O3. The summed E-state index contributed by atoms with van der Waals surface area (Å²) in [5.41, 5.74) is 0.235. The number of carbonyl (C=O) groups is 1. The van der Waals surface area contributed by atoms with E-state index in [0.29, 0.717) is 12.6 Å². The van der Waals surface area contributed by atoms with Gasteiger partial charge in [0.1, 0.15) is 6.26 Å². The second kappa shape index (κ2) is 5.23. The number of anilines is 1. The van der Waals surface area contributed by atoms with Gasteiger partial charge in [0.05, 0.1) is 6.61 Å². The zero-order valence-corrected chi connectivity index (χ0v) is 11.2. The molecule has 0 aliphatic heterocycles. The van der Waals surface area contributed by atoms with Crippen LogP contribution in [0.15, 0.2) is 10.7 Å². The zero-order valence-electron chi connectivity index (χ0n) is 11.2. The minimum Gasteiger partial charge on any atom is -0.461 e. The molecule has 2 aliphatic rings. The van der Waals surface area contributed by atoms with E-state index in [2.05, 4.69) is 10.3 Å². The molecule has 0 bridgehead atoms. The van der Waals surface area contributed by atoms with Gasteiger partial charge in [0, 0.05) is 6.54 Å². The Morgan fingerprint density at radius 1 is 1.47 bits per heavy atom. The van der Waals surface area contributed by atoms with Gasteiger partial charge in [-0.1, -0.05) is 0 Å². The maximum atomic E-state index is 11.5. The molecule has 2 saturated carbocycles. The molecule has 1 heterocycles. The van der Waals surface area contributed by atoms with E-state index in [0.717, 1.165) is 24.3 Å². The minimum absolute atomic E-state index is 0.235. The predicted molar refractivity (Wildman–Crippen MR) is 69.9 cm³/mol. The molecule has 104 valence electrons. The van der Waals surface area contributed by atoms with Crippen LogP contribution in [0.4, 0.5) is 6.01 Å². The second-order valence-corrected chi connectivity index (χ2v) is 5.48. The molecule has 0 amide bonds. The van der Waals surface area contributed by atoms with Crippen molar-refractivity contribution in [3.8, 4) is 0 Å². The van der Waals surface area contributed by atoms with E-state index in [-0.39, 0.29) is 5.69 Å². The number of hydrogen-bond acceptors (Lipinski definition) is 5. The summed E-state index contributed by atoms with van der Waals surface area (Å²) in [6.45, 7) is 3.02. The Kier molecular flexibility index (Phi) is 3.44. The highest BCUT2D eigenvalue weighted by Gasteiger charge is 2.41. The second-order valence-electron chi connectivity index (χ2n) is 5.48. The molecule has 1 aromatic heterocycles. The Labute approximate surface area is 112 Å². The van der Waals surface area contributed by atoms with E-state index in [1.54, 1.807) is 6.92 Å². The molecule has 3 rings (SSSR count). The Bertz CT molecular complexity index is 437. The van der Waals surface area contributed by atoms with Gasteiger partial charge < -0.3 is 14.5 Å². The van der Waals surface area contributed by atoms with E-state index in [4.69, 9.17) is 9.15 Å². The van der Waals surface area contributed by atoms with E-state index in [1.807, 2.05) is 0 Å². The molecule has 1 aromatic rings. The number of rotatable bonds is 7. The van der Waals surface area contributed by atoms with Crippen LogP contribution in [0.5, 0.6) is 0 Å². The van der Waals surface area contributed by atoms with Gasteiger partial charge in [0.25, 0.3) is 6.01 Å². The highest BCUT2D eigenvalue weighted by Crippen LogP contribution is 2.49. The van der Waals surface area contributed by atoms with Crippen molar-refractivity contribution in [3.63, 3.8) is 0 Å². The molecule has 5 heteroatoms. The normalized spacial score (nSPS) is 18.6. The summed E-state index contributed by atoms with van der Waals surface area (Å²) < 4.78 is 10.1.